The van der Waals surface area contributed by atoms with Crippen LogP contribution >= 0.6 is 34.5 Å². The zero-order valence-corrected chi connectivity index (χ0v) is 24.1. The van der Waals surface area contributed by atoms with Gasteiger partial charge in [0.25, 0.3) is 0 Å². The summed E-state index contributed by atoms with van der Waals surface area (Å²) >= 11 is 13.8. The Kier molecular flexibility index (Phi) is 9.51. The minimum absolute atomic E-state index is 0.0433. The largest absolute Gasteiger partial charge is 0.417 e. The highest BCUT2D eigenvalue weighted by molar-refractivity contribution is 7.16. The van der Waals surface area contributed by atoms with E-state index in [2.05, 4.69) is 55.5 Å². The first-order valence-electron chi connectivity index (χ1n) is 11.9. The summed E-state index contributed by atoms with van der Waals surface area (Å²) in [6.45, 7) is 15.1. The number of nitrogens with one attached hydrogen (secondary N) is 2. The number of likely N-dealkylation sites (tertiary alicyclic amines) is 1. The lowest BCUT2D eigenvalue weighted by atomic mass is 9.90. The molecule has 2 atom stereocenters. The van der Waals surface area contributed by atoms with Gasteiger partial charge in [-0.3, -0.25) is 0 Å². The quantitative estimate of drug-likeness (QED) is 0.269. The number of urea groups is 1. The van der Waals surface area contributed by atoms with Crippen LogP contribution in [0.15, 0.2) is 36.4 Å². The van der Waals surface area contributed by atoms with Gasteiger partial charge in [-0.05, 0) is 67.4 Å². The van der Waals surface area contributed by atoms with Gasteiger partial charge in [0.15, 0.2) is 8.32 Å². The standard InChI is InChI=1S/C25H37Cl2N3O2SSi/c1-25(2,3)34(4,5)32-16-6-14-30-15-13-21(20(17-30)22-11-12-23(27)33-22)29-24(31)28-19-9-7-18(26)8-10-19/h7-12,20-21H,6,13-17H2,1-5H3,(H2,28,29,31). The van der Waals surface area contributed by atoms with Crippen molar-refractivity contribution in [3.63, 3.8) is 0 Å². The maximum Gasteiger partial charge on any atom is 0.319 e. The van der Waals surface area contributed by atoms with Crippen molar-refractivity contribution in [3.8, 4) is 0 Å². The third kappa shape index (κ3) is 7.70. The summed E-state index contributed by atoms with van der Waals surface area (Å²) in [5, 5.41) is 6.98. The Hall–Kier alpha value is -1.09. The molecule has 1 aromatic carbocycles. The zero-order chi connectivity index (χ0) is 24.9. The van der Waals surface area contributed by atoms with Gasteiger partial charge < -0.3 is 20.0 Å². The first kappa shape index (κ1) is 27.5. The predicted molar refractivity (Wildman–Crippen MR) is 148 cm³/mol. The number of anilines is 1. The van der Waals surface area contributed by atoms with Crippen LogP contribution in [0, 0.1) is 0 Å². The number of carbonyl (C=O) groups is 1. The van der Waals surface area contributed by atoms with Crippen molar-refractivity contribution in [2.75, 3.05) is 31.6 Å². The number of carbonyl (C=O) groups excluding carboxylic acids is 1. The van der Waals surface area contributed by atoms with Crippen molar-refractivity contribution in [1.82, 2.24) is 10.2 Å². The van der Waals surface area contributed by atoms with Crippen molar-refractivity contribution < 1.29 is 9.22 Å². The molecule has 188 valence electrons. The summed E-state index contributed by atoms with van der Waals surface area (Å²) in [6, 6.07) is 11.0. The highest BCUT2D eigenvalue weighted by Gasteiger charge is 2.37. The number of rotatable bonds is 8. The van der Waals surface area contributed by atoms with Crippen molar-refractivity contribution in [1.29, 1.82) is 0 Å². The summed E-state index contributed by atoms with van der Waals surface area (Å²) in [5.74, 6) is 0.198. The fourth-order valence-electron chi connectivity index (χ4n) is 3.91. The summed E-state index contributed by atoms with van der Waals surface area (Å²) in [7, 11) is -1.71. The Morgan fingerprint density at radius 3 is 2.50 bits per heavy atom. The third-order valence-electron chi connectivity index (χ3n) is 6.96. The first-order chi connectivity index (χ1) is 15.9. The molecule has 2 heterocycles. The molecule has 34 heavy (non-hydrogen) atoms. The first-order valence-corrected chi connectivity index (χ1v) is 16.4. The SMILES string of the molecule is CC(C)(C)[Si](C)(C)OCCCN1CCC(NC(=O)Nc2ccc(Cl)cc2)C(c2ccc(Cl)s2)C1. The van der Waals surface area contributed by atoms with E-state index < -0.39 is 8.32 Å². The molecule has 2 amide bonds. The molecule has 5 nitrogen and oxygen atoms in total. The number of hydrogen-bond acceptors (Lipinski definition) is 4. The Labute approximate surface area is 219 Å². The molecule has 2 unspecified atom stereocenters. The van der Waals surface area contributed by atoms with Gasteiger partial charge in [0.1, 0.15) is 0 Å². The van der Waals surface area contributed by atoms with E-state index in [9.17, 15) is 4.79 Å². The zero-order valence-electron chi connectivity index (χ0n) is 20.8. The van der Waals surface area contributed by atoms with Crippen LogP contribution in [0.3, 0.4) is 0 Å². The molecule has 0 saturated carbocycles. The van der Waals surface area contributed by atoms with Crippen LogP contribution in [0.25, 0.3) is 0 Å². The van der Waals surface area contributed by atoms with Crippen LogP contribution in [0.5, 0.6) is 0 Å². The van der Waals surface area contributed by atoms with E-state index in [1.807, 2.05) is 6.07 Å². The van der Waals surface area contributed by atoms with E-state index in [0.717, 1.165) is 49.1 Å². The lowest BCUT2D eigenvalue weighted by Crippen LogP contribution is -2.50. The van der Waals surface area contributed by atoms with Gasteiger partial charge in [0.05, 0.1) is 4.34 Å². The Morgan fingerprint density at radius 2 is 1.88 bits per heavy atom. The molecule has 1 saturated heterocycles. The maximum atomic E-state index is 12.7. The topological polar surface area (TPSA) is 53.6 Å². The molecule has 1 aliphatic rings. The van der Waals surface area contributed by atoms with Crippen molar-refractivity contribution >= 4 is 54.6 Å². The molecule has 0 aliphatic carbocycles. The third-order valence-corrected chi connectivity index (χ3v) is 13.1. The van der Waals surface area contributed by atoms with Gasteiger partial charge in [0, 0.05) is 53.8 Å². The lowest BCUT2D eigenvalue weighted by molar-refractivity contribution is 0.163. The molecular formula is C25H37Cl2N3O2SSi. The number of amides is 2. The average Bonchev–Trinajstić information content (AvgIpc) is 3.19. The summed E-state index contributed by atoms with van der Waals surface area (Å²) in [6.07, 6.45) is 1.90. The Morgan fingerprint density at radius 1 is 1.18 bits per heavy atom. The van der Waals surface area contributed by atoms with Crippen LogP contribution < -0.4 is 10.6 Å². The van der Waals surface area contributed by atoms with Crippen molar-refractivity contribution in [3.05, 3.63) is 50.6 Å². The molecule has 2 N–H and O–H groups in total. The maximum absolute atomic E-state index is 12.7. The average molecular weight is 543 g/mol. The molecule has 0 radical (unpaired) electrons. The second-order valence-corrected chi connectivity index (χ2v) is 17.5. The smallest absolute Gasteiger partial charge is 0.319 e. The van der Waals surface area contributed by atoms with Gasteiger partial charge >= 0.3 is 6.03 Å². The number of hydrogen-bond donors (Lipinski definition) is 2. The summed E-state index contributed by atoms with van der Waals surface area (Å²) < 4.78 is 7.14. The highest BCUT2D eigenvalue weighted by atomic mass is 35.5. The van der Waals surface area contributed by atoms with Gasteiger partial charge in [-0.2, -0.15) is 0 Å². The van der Waals surface area contributed by atoms with Gasteiger partial charge in [-0.1, -0.05) is 44.0 Å². The fourth-order valence-corrected chi connectivity index (χ4v) is 6.34. The molecule has 2 aromatic rings. The number of halogens is 2. The van der Waals surface area contributed by atoms with Crippen LogP contribution in [-0.2, 0) is 4.43 Å². The van der Waals surface area contributed by atoms with Crippen molar-refractivity contribution in [2.45, 2.75) is 63.7 Å². The molecule has 0 spiro atoms. The molecule has 3 rings (SSSR count). The normalized spacial score (nSPS) is 19.7. The van der Waals surface area contributed by atoms with E-state index in [0.29, 0.717) is 5.02 Å². The van der Waals surface area contributed by atoms with Crippen LogP contribution in [0.4, 0.5) is 10.5 Å². The Balaban J connectivity index is 1.57. The summed E-state index contributed by atoms with van der Waals surface area (Å²) in [4.78, 5) is 16.4. The summed E-state index contributed by atoms with van der Waals surface area (Å²) in [5.41, 5.74) is 0.719. The second-order valence-electron chi connectivity index (χ2n) is 10.5. The van der Waals surface area contributed by atoms with E-state index in [4.69, 9.17) is 27.6 Å². The monoisotopic (exact) mass is 541 g/mol. The molecule has 0 bridgehead atoms. The number of nitrogens with zero attached hydrogens (tertiary/aromatic N) is 1. The Bertz CT molecular complexity index is 946. The molecule has 1 fully saturated rings. The molecular weight excluding hydrogens is 505 g/mol. The number of thiophene rings is 1. The molecule has 9 heteroatoms. The van der Waals surface area contributed by atoms with E-state index >= 15 is 0 Å². The van der Waals surface area contributed by atoms with Gasteiger partial charge in [-0.15, -0.1) is 11.3 Å². The number of piperidine rings is 1. The van der Waals surface area contributed by atoms with E-state index in [-0.39, 0.29) is 23.0 Å². The fraction of sp³-hybridized carbons (Fsp3) is 0.560. The highest BCUT2D eigenvalue weighted by Crippen LogP contribution is 2.37. The predicted octanol–water partition coefficient (Wildman–Crippen LogP) is 7.45. The van der Waals surface area contributed by atoms with Crippen molar-refractivity contribution in [2.24, 2.45) is 0 Å². The number of benzene rings is 1. The van der Waals surface area contributed by atoms with Crippen LogP contribution in [0.2, 0.25) is 27.5 Å². The van der Waals surface area contributed by atoms with E-state index in [1.165, 1.54) is 4.88 Å². The molecule has 1 aromatic heterocycles. The lowest BCUT2D eigenvalue weighted by Gasteiger charge is -2.39. The minimum atomic E-state index is -1.71. The van der Waals surface area contributed by atoms with Crippen LogP contribution in [0.1, 0.15) is 44.4 Å². The molecule has 1 aliphatic heterocycles. The van der Waals surface area contributed by atoms with Gasteiger partial charge in [-0.25, -0.2) is 4.79 Å². The van der Waals surface area contributed by atoms with E-state index in [1.54, 1.807) is 35.6 Å². The minimum Gasteiger partial charge on any atom is -0.417 e. The van der Waals surface area contributed by atoms with Gasteiger partial charge in [0.2, 0.25) is 0 Å². The van der Waals surface area contributed by atoms with Crippen LogP contribution in [-0.4, -0.2) is 51.5 Å². The second kappa shape index (κ2) is 11.8.